The Morgan fingerprint density at radius 2 is 1.92 bits per heavy atom. The molecule has 3 heterocycles. The van der Waals surface area contributed by atoms with Gasteiger partial charge in [-0.05, 0) is 45.0 Å². The van der Waals surface area contributed by atoms with Crippen LogP contribution in [0.4, 0.5) is 4.39 Å². The largest absolute Gasteiger partial charge is 0.373 e. The fourth-order valence-electron chi connectivity index (χ4n) is 3.44. The highest BCUT2D eigenvalue weighted by molar-refractivity contribution is 6.30. The Morgan fingerprint density at radius 3 is 2.62 bits per heavy atom. The summed E-state index contributed by atoms with van der Waals surface area (Å²) >= 11 is 5.84. The van der Waals surface area contributed by atoms with Crippen LogP contribution >= 0.6 is 11.6 Å². The minimum absolute atomic E-state index is 0.0869. The average molecular weight is 372 g/mol. The summed E-state index contributed by atoms with van der Waals surface area (Å²) in [5.74, 6) is -0.453. The van der Waals surface area contributed by atoms with E-state index in [-0.39, 0.29) is 11.1 Å². The normalized spacial score (nSPS) is 16.6. The van der Waals surface area contributed by atoms with Crippen molar-refractivity contribution in [1.29, 1.82) is 0 Å². The van der Waals surface area contributed by atoms with Gasteiger partial charge in [0.25, 0.3) is 0 Å². The molecule has 0 bridgehead atoms. The second-order valence-electron chi connectivity index (χ2n) is 6.75. The third kappa shape index (κ3) is 3.02. The van der Waals surface area contributed by atoms with Gasteiger partial charge in [0.15, 0.2) is 0 Å². The van der Waals surface area contributed by atoms with Gasteiger partial charge < -0.3 is 4.74 Å². The molecule has 1 atom stereocenters. The number of ether oxygens (including phenoxy) is 1. The molecule has 6 heteroatoms. The minimum Gasteiger partial charge on any atom is -0.373 e. The van der Waals surface area contributed by atoms with Crippen LogP contribution in [-0.2, 0) is 17.8 Å². The van der Waals surface area contributed by atoms with Crippen molar-refractivity contribution < 1.29 is 9.13 Å². The lowest BCUT2D eigenvalue weighted by Gasteiger charge is -2.21. The number of nitrogens with zero attached hydrogens (tertiary/aromatic N) is 3. The van der Waals surface area contributed by atoms with Gasteiger partial charge in [-0.2, -0.15) is 5.10 Å². The van der Waals surface area contributed by atoms with E-state index >= 15 is 0 Å². The number of hydrogen-bond donors (Lipinski definition) is 0. The van der Waals surface area contributed by atoms with Gasteiger partial charge in [-0.1, -0.05) is 11.6 Å². The molecule has 0 radical (unpaired) electrons. The van der Waals surface area contributed by atoms with Gasteiger partial charge in [0.1, 0.15) is 5.82 Å². The van der Waals surface area contributed by atoms with Crippen LogP contribution in [0, 0.1) is 19.7 Å². The van der Waals surface area contributed by atoms with E-state index < -0.39 is 5.82 Å². The van der Waals surface area contributed by atoms with Crippen molar-refractivity contribution in [2.75, 3.05) is 0 Å². The number of fused-ring (bicyclic) bond motifs is 1. The first kappa shape index (κ1) is 17.2. The summed E-state index contributed by atoms with van der Waals surface area (Å²) in [6.45, 7) is 6.45. The monoisotopic (exact) mass is 371 g/mol. The van der Waals surface area contributed by atoms with Gasteiger partial charge in [0, 0.05) is 35.0 Å². The molecule has 0 unspecified atom stereocenters. The molecule has 2 aromatic heterocycles. The molecule has 1 aromatic carbocycles. The summed E-state index contributed by atoms with van der Waals surface area (Å²) in [4.78, 5) is 4.44. The molecule has 0 saturated heterocycles. The van der Waals surface area contributed by atoms with Crippen molar-refractivity contribution in [1.82, 2.24) is 14.8 Å². The molecule has 134 valence electrons. The number of aromatic nitrogens is 3. The minimum atomic E-state index is -0.453. The van der Waals surface area contributed by atoms with E-state index in [2.05, 4.69) is 4.98 Å². The van der Waals surface area contributed by atoms with Crippen molar-refractivity contribution in [2.45, 2.75) is 39.9 Å². The van der Waals surface area contributed by atoms with Crippen molar-refractivity contribution in [2.24, 2.45) is 0 Å². The summed E-state index contributed by atoms with van der Waals surface area (Å²) in [5.41, 5.74) is 6.48. The molecule has 0 N–H and O–H groups in total. The smallest absolute Gasteiger partial charge is 0.143 e. The second kappa shape index (κ2) is 6.49. The maximum absolute atomic E-state index is 14.0. The van der Waals surface area contributed by atoms with Gasteiger partial charge in [0.2, 0.25) is 0 Å². The molecule has 1 aliphatic heterocycles. The zero-order valence-electron chi connectivity index (χ0n) is 14.9. The molecule has 4 nitrogen and oxygen atoms in total. The highest BCUT2D eigenvalue weighted by Gasteiger charge is 2.26. The van der Waals surface area contributed by atoms with Gasteiger partial charge in [0.05, 0.1) is 34.8 Å². The van der Waals surface area contributed by atoms with Gasteiger partial charge in [-0.25, -0.2) is 9.07 Å². The highest BCUT2D eigenvalue weighted by Crippen LogP contribution is 2.33. The fourth-order valence-corrected chi connectivity index (χ4v) is 3.55. The molecular formula is C20H19ClFN3O. The second-order valence-corrected chi connectivity index (χ2v) is 7.16. The number of hydrogen-bond acceptors (Lipinski definition) is 3. The van der Waals surface area contributed by atoms with Crippen LogP contribution in [0.25, 0.3) is 16.9 Å². The Balaban J connectivity index is 1.92. The van der Waals surface area contributed by atoms with Crippen LogP contribution in [0.5, 0.6) is 0 Å². The third-order valence-corrected chi connectivity index (χ3v) is 4.89. The summed E-state index contributed by atoms with van der Waals surface area (Å²) < 4.78 is 21.7. The first-order chi connectivity index (χ1) is 12.4. The summed E-state index contributed by atoms with van der Waals surface area (Å²) in [7, 11) is 0. The summed E-state index contributed by atoms with van der Waals surface area (Å²) in [6, 6.07) is 8.79. The lowest BCUT2D eigenvalue weighted by atomic mass is 10.0. The first-order valence-corrected chi connectivity index (χ1v) is 8.93. The number of pyridine rings is 1. The van der Waals surface area contributed by atoms with Gasteiger partial charge >= 0.3 is 0 Å². The van der Waals surface area contributed by atoms with E-state index in [0.29, 0.717) is 12.3 Å². The van der Waals surface area contributed by atoms with Crippen LogP contribution in [0.15, 0.2) is 30.3 Å². The lowest BCUT2D eigenvalue weighted by Crippen LogP contribution is -2.21. The SMILES string of the molecule is Cc1cc(-c2nn(-c3ccc(Cl)c(F)c3)c3c2CO[C@H](C)C3)cc(C)n1. The van der Waals surface area contributed by atoms with Crippen LogP contribution in [0.3, 0.4) is 0 Å². The van der Waals surface area contributed by atoms with Crippen LogP contribution < -0.4 is 0 Å². The molecule has 3 aromatic rings. The predicted octanol–water partition coefficient (Wildman–Crippen LogP) is 4.80. The maximum Gasteiger partial charge on any atom is 0.143 e. The Hall–Kier alpha value is -2.24. The molecule has 1 aliphatic rings. The fraction of sp³-hybridized carbons (Fsp3) is 0.300. The van der Waals surface area contributed by atoms with Gasteiger partial charge in [-0.3, -0.25) is 4.98 Å². The molecule has 0 saturated carbocycles. The van der Waals surface area contributed by atoms with E-state index in [9.17, 15) is 4.39 Å². The molecular weight excluding hydrogens is 353 g/mol. The van der Waals surface area contributed by atoms with Crippen molar-refractivity contribution in [3.05, 3.63) is 63.8 Å². The average Bonchev–Trinajstić information content (AvgIpc) is 2.95. The highest BCUT2D eigenvalue weighted by atomic mass is 35.5. The lowest BCUT2D eigenvalue weighted by molar-refractivity contribution is 0.0401. The standard InChI is InChI=1S/C20H19ClFN3O/c1-11-6-14(7-12(2)23-11)20-16-10-26-13(3)8-19(16)25(24-20)15-4-5-17(21)18(22)9-15/h4-7,9,13H,8,10H2,1-3H3/t13-/m1/s1. The van der Waals surface area contributed by atoms with Gasteiger partial charge in [-0.15, -0.1) is 0 Å². The zero-order valence-corrected chi connectivity index (χ0v) is 15.6. The topological polar surface area (TPSA) is 39.9 Å². The van der Waals surface area contributed by atoms with E-state index in [1.54, 1.807) is 12.1 Å². The van der Waals surface area contributed by atoms with E-state index in [1.807, 2.05) is 37.6 Å². The van der Waals surface area contributed by atoms with Crippen molar-refractivity contribution in [3.63, 3.8) is 0 Å². The molecule has 0 amide bonds. The number of halogens is 2. The molecule has 4 rings (SSSR count). The molecule has 0 spiro atoms. The summed E-state index contributed by atoms with van der Waals surface area (Å²) in [6.07, 6.45) is 0.805. The Labute approximate surface area is 156 Å². The molecule has 0 aliphatic carbocycles. The van der Waals surface area contributed by atoms with Crippen LogP contribution in [-0.4, -0.2) is 20.9 Å². The zero-order chi connectivity index (χ0) is 18.4. The Morgan fingerprint density at radius 1 is 1.19 bits per heavy atom. The van der Waals surface area contributed by atoms with E-state index in [1.165, 1.54) is 6.07 Å². The third-order valence-electron chi connectivity index (χ3n) is 4.59. The number of aryl methyl sites for hydroxylation is 2. The molecule has 0 fully saturated rings. The Bertz CT molecular complexity index is 979. The van der Waals surface area contributed by atoms with Crippen LogP contribution in [0.2, 0.25) is 5.02 Å². The predicted molar refractivity (Wildman–Crippen MR) is 99.2 cm³/mol. The van der Waals surface area contributed by atoms with E-state index in [4.69, 9.17) is 21.4 Å². The summed E-state index contributed by atoms with van der Waals surface area (Å²) in [5, 5.41) is 4.92. The maximum atomic E-state index is 14.0. The van der Waals surface area contributed by atoms with Crippen molar-refractivity contribution >= 4 is 11.6 Å². The number of benzene rings is 1. The number of rotatable bonds is 2. The van der Waals surface area contributed by atoms with Crippen molar-refractivity contribution in [3.8, 4) is 16.9 Å². The Kier molecular flexibility index (Phi) is 4.29. The van der Waals surface area contributed by atoms with Crippen LogP contribution in [0.1, 0.15) is 29.6 Å². The quantitative estimate of drug-likeness (QED) is 0.649. The van der Waals surface area contributed by atoms with E-state index in [0.717, 1.165) is 40.3 Å². The molecule has 26 heavy (non-hydrogen) atoms. The first-order valence-electron chi connectivity index (χ1n) is 8.56.